The molecule has 0 fully saturated rings. The van der Waals surface area contributed by atoms with Crippen molar-refractivity contribution in [3.63, 3.8) is 0 Å². The summed E-state index contributed by atoms with van der Waals surface area (Å²) in [5, 5.41) is 2.52. The van der Waals surface area contributed by atoms with E-state index < -0.39 is 22.5 Å². The van der Waals surface area contributed by atoms with Crippen molar-refractivity contribution in [2.24, 2.45) is 0 Å². The fraction of sp³-hybridized carbons (Fsp3) is 0.462. The molecule has 1 aromatic rings. The Labute approximate surface area is 134 Å². The standard InChI is InChI=1S/C13H19N3O6S/c1-2-20-3-4-23(18,19)15-7-13(17)16-10-6-12-11(5-9(10)14)21-8-22-12/h5-6,15H,2-4,7-8,14H2,1H3,(H,16,17). The lowest BCUT2D eigenvalue weighted by molar-refractivity contribution is -0.115. The number of ether oxygens (including phenoxy) is 3. The van der Waals surface area contributed by atoms with Crippen LogP contribution in [-0.4, -0.2) is 46.6 Å². The van der Waals surface area contributed by atoms with Crippen LogP contribution in [0.3, 0.4) is 0 Å². The van der Waals surface area contributed by atoms with Crippen LogP contribution in [-0.2, 0) is 19.6 Å². The van der Waals surface area contributed by atoms with Gasteiger partial charge in [-0.2, -0.15) is 0 Å². The van der Waals surface area contributed by atoms with Crippen LogP contribution in [0.25, 0.3) is 0 Å². The highest BCUT2D eigenvalue weighted by molar-refractivity contribution is 7.89. The summed E-state index contributed by atoms with van der Waals surface area (Å²) in [6.07, 6.45) is 0. The van der Waals surface area contributed by atoms with Gasteiger partial charge >= 0.3 is 0 Å². The van der Waals surface area contributed by atoms with Crippen molar-refractivity contribution in [3.8, 4) is 11.5 Å². The number of fused-ring (bicyclic) bond motifs is 1. The van der Waals surface area contributed by atoms with Gasteiger partial charge in [-0.3, -0.25) is 4.79 Å². The second-order valence-corrected chi connectivity index (χ2v) is 6.60. The first-order chi connectivity index (χ1) is 10.9. The zero-order valence-corrected chi connectivity index (χ0v) is 13.4. The maximum absolute atomic E-state index is 11.8. The van der Waals surface area contributed by atoms with Gasteiger partial charge in [-0.15, -0.1) is 0 Å². The number of carbonyl (C=O) groups excluding carboxylic acids is 1. The topological polar surface area (TPSA) is 129 Å². The molecule has 2 rings (SSSR count). The van der Waals surface area contributed by atoms with E-state index in [1.807, 2.05) is 0 Å². The highest BCUT2D eigenvalue weighted by Crippen LogP contribution is 2.38. The summed E-state index contributed by atoms with van der Waals surface area (Å²) in [6, 6.07) is 3.06. The molecule has 0 radical (unpaired) electrons. The fourth-order valence-electron chi connectivity index (χ4n) is 1.82. The Hall–Kier alpha value is -2.04. The zero-order valence-electron chi connectivity index (χ0n) is 12.6. The van der Waals surface area contributed by atoms with E-state index in [4.69, 9.17) is 19.9 Å². The number of benzene rings is 1. The lowest BCUT2D eigenvalue weighted by Crippen LogP contribution is -2.35. The largest absolute Gasteiger partial charge is 0.454 e. The van der Waals surface area contributed by atoms with Gasteiger partial charge in [0.2, 0.25) is 22.7 Å². The first-order valence-electron chi connectivity index (χ1n) is 6.95. The normalized spacial score (nSPS) is 13.1. The number of amides is 1. The van der Waals surface area contributed by atoms with Gasteiger partial charge in [0, 0.05) is 18.7 Å². The van der Waals surface area contributed by atoms with Crippen LogP contribution in [0.5, 0.6) is 11.5 Å². The lowest BCUT2D eigenvalue weighted by atomic mass is 10.2. The predicted molar refractivity (Wildman–Crippen MR) is 83.9 cm³/mol. The van der Waals surface area contributed by atoms with E-state index in [9.17, 15) is 13.2 Å². The summed E-state index contributed by atoms with van der Waals surface area (Å²) in [4.78, 5) is 11.8. The molecule has 0 atom stereocenters. The Kier molecular flexibility index (Phi) is 5.64. The van der Waals surface area contributed by atoms with E-state index in [0.29, 0.717) is 29.5 Å². The summed E-state index contributed by atoms with van der Waals surface area (Å²) in [5.41, 5.74) is 6.42. The van der Waals surface area contributed by atoms with Crippen LogP contribution in [0, 0.1) is 0 Å². The van der Waals surface area contributed by atoms with Crippen LogP contribution >= 0.6 is 0 Å². The summed E-state index contributed by atoms with van der Waals surface area (Å²) in [5.74, 6) is 0.208. The van der Waals surface area contributed by atoms with Gasteiger partial charge in [0.05, 0.1) is 30.3 Å². The minimum atomic E-state index is -3.57. The van der Waals surface area contributed by atoms with E-state index in [2.05, 4.69) is 10.0 Å². The number of anilines is 2. The van der Waals surface area contributed by atoms with Crippen molar-refractivity contribution in [1.29, 1.82) is 0 Å². The Morgan fingerprint density at radius 3 is 2.74 bits per heavy atom. The van der Waals surface area contributed by atoms with Crippen molar-refractivity contribution in [3.05, 3.63) is 12.1 Å². The monoisotopic (exact) mass is 345 g/mol. The Morgan fingerprint density at radius 1 is 1.35 bits per heavy atom. The van der Waals surface area contributed by atoms with Crippen molar-refractivity contribution >= 4 is 27.3 Å². The molecule has 1 heterocycles. The molecule has 1 amide bonds. The van der Waals surface area contributed by atoms with Crippen molar-refractivity contribution < 1.29 is 27.4 Å². The number of hydrogen-bond donors (Lipinski definition) is 3. The van der Waals surface area contributed by atoms with Crippen molar-refractivity contribution in [2.75, 3.05) is 43.4 Å². The SMILES string of the molecule is CCOCCS(=O)(=O)NCC(=O)Nc1cc2c(cc1N)OCO2. The van der Waals surface area contributed by atoms with Gasteiger partial charge in [0.1, 0.15) is 0 Å². The molecular formula is C13H19N3O6S. The van der Waals surface area contributed by atoms with E-state index in [1.165, 1.54) is 12.1 Å². The smallest absolute Gasteiger partial charge is 0.239 e. The molecule has 128 valence electrons. The van der Waals surface area contributed by atoms with Crippen LogP contribution < -0.4 is 25.2 Å². The molecule has 4 N–H and O–H groups in total. The van der Waals surface area contributed by atoms with E-state index in [-0.39, 0.29) is 19.2 Å². The second-order valence-electron chi connectivity index (χ2n) is 4.68. The number of nitrogens with one attached hydrogen (secondary N) is 2. The second kappa shape index (κ2) is 7.49. The van der Waals surface area contributed by atoms with Crippen molar-refractivity contribution in [2.45, 2.75) is 6.92 Å². The molecule has 1 aliphatic rings. The summed E-state index contributed by atoms with van der Waals surface area (Å²) >= 11 is 0. The maximum atomic E-state index is 11.8. The molecule has 23 heavy (non-hydrogen) atoms. The molecule has 10 heteroatoms. The van der Waals surface area contributed by atoms with Gasteiger partial charge < -0.3 is 25.3 Å². The Morgan fingerprint density at radius 2 is 2.04 bits per heavy atom. The Bertz CT molecular complexity index is 677. The van der Waals surface area contributed by atoms with Gasteiger partial charge in [0.25, 0.3) is 0 Å². The van der Waals surface area contributed by atoms with Gasteiger partial charge in [-0.1, -0.05) is 0 Å². The molecule has 0 saturated heterocycles. The van der Waals surface area contributed by atoms with E-state index in [0.717, 1.165) is 0 Å². The molecular weight excluding hydrogens is 326 g/mol. The number of hydrogen-bond acceptors (Lipinski definition) is 7. The minimum absolute atomic E-state index is 0.0720. The highest BCUT2D eigenvalue weighted by Gasteiger charge is 2.18. The summed E-state index contributed by atoms with van der Waals surface area (Å²) < 4.78 is 40.8. The average Bonchev–Trinajstić information content (AvgIpc) is 2.93. The molecule has 0 bridgehead atoms. The number of nitrogens with two attached hydrogens (primary N) is 1. The fourth-order valence-corrected chi connectivity index (χ4v) is 2.65. The third-order valence-electron chi connectivity index (χ3n) is 2.97. The quantitative estimate of drug-likeness (QED) is 0.443. The average molecular weight is 345 g/mol. The molecule has 9 nitrogen and oxygen atoms in total. The molecule has 0 aliphatic carbocycles. The third kappa shape index (κ3) is 4.98. The first-order valence-corrected chi connectivity index (χ1v) is 8.60. The number of carbonyl (C=O) groups is 1. The summed E-state index contributed by atoms with van der Waals surface area (Å²) in [7, 11) is -3.57. The molecule has 0 saturated carbocycles. The molecule has 0 unspecified atom stereocenters. The third-order valence-corrected chi connectivity index (χ3v) is 4.26. The predicted octanol–water partition coefficient (Wildman–Crippen LogP) is -0.108. The lowest BCUT2D eigenvalue weighted by Gasteiger charge is -2.10. The molecule has 1 aromatic carbocycles. The van der Waals surface area contributed by atoms with Crippen LogP contribution in [0.2, 0.25) is 0 Å². The highest BCUT2D eigenvalue weighted by atomic mass is 32.2. The van der Waals surface area contributed by atoms with E-state index >= 15 is 0 Å². The maximum Gasteiger partial charge on any atom is 0.239 e. The first kappa shape index (κ1) is 17.3. The summed E-state index contributed by atoms with van der Waals surface area (Å²) in [6.45, 7) is 1.96. The minimum Gasteiger partial charge on any atom is -0.454 e. The van der Waals surface area contributed by atoms with Gasteiger partial charge in [-0.25, -0.2) is 13.1 Å². The number of rotatable bonds is 8. The van der Waals surface area contributed by atoms with Crippen molar-refractivity contribution in [1.82, 2.24) is 4.72 Å². The van der Waals surface area contributed by atoms with Gasteiger partial charge in [0.15, 0.2) is 11.5 Å². The van der Waals surface area contributed by atoms with E-state index in [1.54, 1.807) is 6.92 Å². The number of nitrogen functional groups attached to an aromatic ring is 1. The van der Waals surface area contributed by atoms with Crippen LogP contribution in [0.4, 0.5) is 11.4 Å². The number of sulfonamides is 1. The Balaban J connectivity index is 1.88. The molecule has 0 aromatic heterocycles. The molecule has 0 spiro atoms. The van der Waals surface area contributed by atoms with Crippen LogP contribution in [0.1, 0.15) is 6.92 Å². The molecule has 1 aliphatic heterocycles. The zero-order chi connectivity index (χ0) is 16.9. The van der Waals surface area contributed by atoms with Crippen LogP contribution in [0.15, 0.2) is 12.1 Å². The van der Waals surface area contributed by atoms with Gasteiger partial charge in [-0.05, 0) is 6.92 Å².